The van der Waals surface area contributed by atoms with E-state index < -0.39 is 5.97 Å². The number of esters is 1. The van der Waals surface area contributed by atoms with Crippen molar-refractivity contribution in [3.8, 4) is 0 Å². The van der Waals surface area contributed by atoms with E-state index in [0.29, 0.717) is 5.75 Å². The van der Waals surface area contributed by atoms with Gasteiger partial charge in [-0.3, -0.25) is 14.5 Å². The Bertz CT molecular complexity index is 433. The van der Waals surface area contributed by atoms with E-state index in [1.54, 1.807) is 0 Å². The van der Waals surface area contributed by atoms with Crippen molar-refractivity contribution in [1.29, 1.82) is 0 Å². The van der Waals surface area contributed by atoms with Gasteiger partial charge in [0, 0.05) is 4.90 Å². The molecule has 16 heavy (non-hydrogen) atoms. The van der Waals surface area contributed by atoms with Crippen molar-refractivity contribution in [3.63, 3.8) is 0 Å². The molecule has 0 bridgehead atoms. The molecule has 0 atom stereocenters. The first-order chi connectivity index (χ1) is 7.72. The Labute approximate surface area is 97.6 Å². The number of benzene rings is 1. The molecule has 0 aromatic heterocycles. The zero-order valence-corrected chi connectivity index (χ0v) is 9.62. The number of hydrogen-bond donors (Lipinski definition) is 0. The van der Waals surface area contributed by atoms with Crippen molar-refractivity contribution in [2.24, 2.45) is 0 Å². The van der Waals surface area contributed by atoms with Gasteiger partial charge in [-0.05, 0) is 12.1 Å². The summed E-state index contributed by atoms with van der Waals surface area (Å²) in [4.78, 5) is 25.4. The maximum atomic E-state index is 11.7. The molecule has 5 heteroatoms. The predicted octanol–water partition coefficient (Wildman–Crippen LogP) is 1.30. The SMILES string of the molecule is COC(=O)CN1C(=O)CSc2ccccc21. The molecule has 0 fully saturated rings. The number of amides is 1. The third kappa shape index (κ3) is 2.04. The Hall–Kier alpha value is -1.49. The fraction of sp³-hybridized carbons (Fsp3) is 0.273. The van der Waals surface area contributed by atoms with E-state index in [2.05, 4.69) is 4.74 Å². The van der Waals surface area contributed by atoms with Crippen molar-refractivity contribution < 1.29 is 14.3 Å². The van der Waals surface area contributed by atoms with Gasteiger partial charge in [0.1, 0.15) is 6.54 Å². The maximum Gasteiger partial charge on any atom is 0.325 e. The van der Waals surface area contributed by atoms with Gasteiger partial charge in [-0.1, -0.05) is 12.1 Å². The monoisotopic (exact) mass is 237 g/mol. The summed E-state index contributed by atoms with van der Waals surface area (Å²) < 4.78 is 4.58. The van der Waals surface area contributed by atoms with Crippen LogP contribution in [-0.4, -0.2) is 31.3 Å². The minimum absolute atomic E-state index is 0.0209. The normalized spacial score (nSPS) is 14.6. The minimum Gasteiger partial charge on any atom is -0.468 e. The van der Waals surface area contributed by atoms with Gasteiger partial charge in [0.05, 0.1) is 18.6 Å². The molecular formula is C11H11NO3S. The van der Waals surface area contributed by atoms with E-state index in [1.807, 2.05) is 24.3 Å². The second kappa shape index (κ2) is 4.57. The number of ether oxygens (including phenoxy) is 1. The first-order valence-corrected chi connectivity index (χ1v) is 5.80. The van der Waals surface area contributed by atoms with Crippen LogP contribution in [0.1, 0.15) is 0 Å². The predicted molar refractivity (Wildman–Crippen MR) is 61.5 cm³/mol. The van der Waals surface area contributed by atoms with Crippen LogP contribution in [-0.2, 0) is 14.3 Å². The molecule has 0 radical (unpaired) electrons. The Balaban J connectivity index is 2.29. The van der Waals surface area contributed by atoms with E-state index >= 15 is 0 Å². The Kier molecular flexibility index (Phi) is 3.14. The Morgan fingerprint density at radius 2 is 2.25 bits per heavy atom. The fourth-order valence-electron chi connectivity index (χ4n) is 1.52. The number of carbonyl (C=O) groups excluding carboxylic acids is 2. The molecule has 1 aromatic carbocycles. The van der Waals surface area contributed by atoms with Crippen LogP contribution in [0.2, 0.25) is 0 Å². The number of nitrogens with zero attached hydrogens (tertiary/aromatic N) is 1. The largest absolute Gasteiger partial charge is 0.468 e. The number of rotatable bonds is 2. The lowest BCUT2D eigenvalue weighted by molar-refractivity contribution is -0.139. The van der Waals surface area contributed by atoms with Crippen LogP contribution in [0.3, 0.4) is 0 Å². The first-order valence-electron chi connectivity index (χ1n) is 4.81. The average molecular weight is 237 g/mol. The van der Waals surface area contributed by atoms with Crippen LogP contribution in [0.4, 0.5) is 5.69 Å². The maximum absolute atomic E-state index is 11.7. The van der Waals surface area contributed by atoms with Gasteiger partial charge in [-0.25, -0.2) is 0 Å². The van der Waals surface area contributed by atoms with Crippen molar-refractivity contribution >= 4 is 29.3 Å². The quantitative estimate of drug-likeness (QED) is 0.727. The van der Waals surface area contributed by atoms with Gasteiger partial charge in [0.2, 0.25) is 5.91 Å². The summed E-state index contributed by atoms with van der Waals surface area (Å²) in [6, 6.07) is 7.54. The van der Waals surface area contributed by atoms with E-state index in [9.17, 15) is 9.59 Å². The molecule has 0 spiro atoms. The van der Waals surface area contributed by atoms with Gasteiger partial charge in [-0.15, -0.1) is 11.8 Å². The van der Waals surface area contributed by atoms with E-state index in [-0.39, 0.29) is 12.5 Å². The van der Waals surface area contributed by atoms with Crippen LogP contribution in [0.5, 0.6) is 0 Å². The molecule has 1 aliphatic rings. The lowest BCUT2D eigenvalue weighted by atomic mass is 10.2. The van der Waals surface area contributed by atoms with E-state index in [0.717, 1.165) is 10.6 Å². The number of thioether (sulfide) groups is 1. The zero-order valence-electron chi connectivity index (χ0n) is 8.80. The summed E-state index contributed by atoms with van der Waals surface area (Å²) in [5, 5.41) is 0. The van der Waals surface area contributed by atoms with E-state index in [1.165, 1.54) is 23.8 Å². The topological polar surface area (TPSA) is 46.6 Å². The molecule has 1 amide bonds. The fourth-order valence-corrected chi connectivity index (χ4v) is 2.46. The smallest absolute Gasteiger partial charge is 0.325 e. The standard InChI is InChI=1S/C11H11NO3S/c1-15-11(14)6-12-8-4-2-3-5-9(8)16-7-10(12)13/h2-5H,6-7H2,1H3. The van der Waals surface area contributed by atoms with Crippen LogP contribution >= 0.6 is 11.8 Å². The molecule has 1 aliphatic heterocycles. The number of hydrogen-bond acceptors (Lipinski definition) is 4. The molecular weight excluding hydrogens is 226 g/mol. The lowest BCUT2D eigenvalue weighted by Crippen LogP contribution is -2.39. The highest BCUT2D eigenvalue weighted by Crippen LogP contribution is 2.34. The number of anilines is 1. The first kappa shape index (κ1) is 11.0. The lowest BCUT2D eigenvalue weighted by Gasteiger charge is -2.27. The zero-order chi connectivity index (χ0) is 11.5. The second-order valence-electron chi connectivity index (χ2n) is 3.31. The Morgan fingerprint density at radius 3 is 3.00 bits per heavy atom. The van der Waals surface area contributed by atoms with Crippen LogP contribution < -0.4 is 4.90 Å². The van der Waals surface area contributed by atoms with Gasteiger partial charge in [-0.2, -0.15) is 0 Å². The highest BCUT2D eigenvalue weighted by atomic mass is 32.2. The van der Waals surface area contributed by atoms with Gasteiger partial charge >= 0.3 is 5.97 Å². The molecule has 0 unspecified atom stereocenters. The second-order valence-corrected chi connectivity index (χ2v) is 4.33. The van der Waals surface area contributed by atoms with Crippen LogP contribution in [0.15, 0.2) is 29.2 Å². The summed E-state index contributed by atoms with van der Waals surface area (Å²) in [6.45, 7) is -0.0209. The third-order valence-corrected chi connectivity index (χ3v) is 3.37. The Morgan fingerprint density at radius 1 is 1.50 bits per heavy atom. The summed E-state index contributed by atoms with van der Waals surface area (Å²) >= 11 is 1.49. The molecule has 0 saturated carbocycles. The number of fused-ring (bicyclic) bond motifs is 1. The summed E-state index contributed by atoms with van der Waals surface area (Å²) in [5.41, 5.74) is 0.786. The number of para-hydroxylation sites is 1. The van der Waals surface area contributed by atoms with Crippen molar-refractivity contribution in [2.75, 3.05) is 24.3 Å². The van der Waals surface area contributed by atoms with E-state index in [4.69, 9.17) is 0 Å². The van der Waals surface area contributed by atoms with Crippen molar-refractivity contribution in [3.05, 3.63) is 24.3 Å². The molecule has 0 N–H and O–H groups in total. The van der Waals surface area contributed by atoms with Crippen LogP contribution in [0.25, 0.3) is 0 Å². The molecule has 84 valence electrons. The van der Waals surface area contributed by atoms with Crippen LogP contribution in [0, 0.1) is 0 Å². The third-order valence-electron chi connectivity index (χ3n) is 2.32. The highest BCUT2D eigenvalue weighted by molar-refractivity contribution is 8.00. The summed E-state index contributed by atoms with van der Waals surface area (Å²) in [7, 11) is 1.32. The number of methoxy groups -OCH3 is 1. The van der Waals surface area contributed by atoms with Gasteiger partial charge in [0.25, 0.3) is 0 Å². The molecule has 0 aliphatic carbocycles. The molecule has 0 saturated heterocycles. The van der Waals surface area contributed by atoms with Crippen molar-refractivity contribution in [2.45, 2.75) is 4.90 Å². The summed E-state index contributed by atoms with van der Waals surface area (Å²) in [6.07, 6.45) is 0. The minimum atomic E-state index is -0.407. The highest BCUT2D eigenvalue weighted by Gasteiger charge is 2.26. The molecule has 4 nitrogen and oxygen atoms in total. The van der Waals surface area contributed by atoms with Gasteiger partial charge < -0.3 is 4.74 Å². The summed E-state index contributed by atoms with van der Waals surface area (Å²) in [5.74, 6) is -0.0993. The average Bonchev–Trinajstić information content (AvgIpc) is 2.32. The van der Waals surface area contributed by atoms with Crippen molar-refractivity contribution in [1.82, 2.24) is 0 Å². The molecule has 2 rings (SSSR count). The number of carbonyl (C=O) groups is 2. The van der Waals surface area contributed by atoms with Gasteiger partial charge in [0.15, 0.2) is 0 Å². The molecule has 1 heterocycles. The molecule has 1 aromatic rings.